The standard InChI is InChI=1S/C23H28N8/c24-21-14-19(22-23(27-21)30-31-29-22)18(20-11-13-26-28-20)10-12-25-17-8-6-16(7-9-17)15-4-2-1-3-5-15/h1-5,11,13-14,16-18,25H,6-10,12H2,(H,26,28)(H3,24,27,29,30,31). The number of aromatic amines is 2. The summed E-state index contributed by atoms with van der Waals surface area (Å²) in [6, 6.07) is 15.4. The normalized spacial score (nSPS) is 20.1. The molecule has 160 valence electrons. The molecule has 1 unspecified atom stereocenters. The van der Waals surface area contributed by atoms with E-state index in [1.54, 1.807) is 0 Å². The van der Waals surface area contributed by atoms with E-state index in [0.29, 0.717) is 23.4 Å². The van der Waals surface area contributed by atoms with E-state index in [2.05, 4.69) is 66.2 Å². The monoisotopic (exact) mass is 416 g/mol. The fourth-order valence-electron chi connectivity index (χ4n) is 4.87. The molecule has 5 N–H and O–H groups in total. The summed E-state index contributed by atoms with van der Waals surface area (Å²) >= 11 is 0. The van der Waals surface area contributed by atoms with Crippen molar-refractivity contribution in [2.75, 3.05) is 12.3 Å². The minimum atomic E-state index is 0.0670. The first-order valence-corrected chi connectivity index (χ1v) is 11.0. The van der Waals surface area contributed by atoms with Crippen LogP contribution < -0.4 is 11.1 Å². The van der Waals surface area contributed by atoms with Gasteiger partial charge < -0.3 is 11.1 Å². The Bertz CT molecular complexity index is 1100. The van der Waals surface area contributed by atoms with Gasteiger partial charge in [-0.25, -0.2) is 10.1 Å². The molecule has 0 spiro atoms. The third-order valence-corrected chi connectivity index (χ3v) is 6.47. The fourth-order valence-corrected chi connectivity index (χ4v) is 4.87. The summed E-state index contributed by atoms with van der Waals surface area (Å²) in [6.45, 7) is 0.903. The Morgan fingerprint density at radius 3 is 2.71 bits per heavy atom. The van der Waals surface area contributed by atoms with E-state index < -0.39 is 0 Å². The lowest BCUT2D eigenvalue weighted by molar-refractivity contribution is 0.340. The number of anilines is 1. The second kappa shape index (κ2) is 8.85. The van der Waals surface area contributed by atoms with Crippen LogP contribution in [-0.2, 0) is 0 Å². The van der Waals surface area contributed by atoms with Crippen LogP contribution in [0.2, 0.25) is 0 Å². The summed E-state index contributed by atoms with van der Waals surface area (Å²) in [5.41, 5.74) is 10.9. The van der Waals surface area contributed by atoms with Crippen molar-refractivity contribution in [2.24, 2.45) is 0 Å². The van der Waals surface area contributed by atoms with Crippen LogP contribution in [0.4, 0.5) is 5.82 Å². The highest BCUT2D eigenvalue weighted by Gasteiger charge is 2.24. The number of rotatable bonds is 7. The van der Waals surface area contributed by atoms with Crippen LogP contribution in [0.15, 0.2) is 48.7 Å². The van der Waals surface area contributed by atoms with Crippen LogP contribution in [0, 0.1) is 0 Å². The van der Waals surface area contributed by atoms with Gasteiger partial charge in [-0.2, -0.15) is 5.10 Å². The molecule has 3 heterocycles. The van der Waals surface area contributed by atoms with Crippen molar-refractivity contribution in [3.05, 3.63) is 65.5 Å². The van der Waals surface area contributed by atoms with Crippen LogP contribution >= 0.6 is 0 Å². The Hall–Kier alpha value is -3.26. The molecule has 0 saturated heterocycles. The highest BCUT2D eigenvalue weighted by molar-refractivity contribution is 5.76. The van der Waals surface area contributed by atoms with Gasteiger partial charge >= 0.3 is 0 Å². The number of hydrogen-bond acceptors (Lipinski definition) is 6. The van der Waals surface area contributed by atoms with E-state index in [1.807, 2.05) is 18.3 Å². The van der Waals surface area contributed by atoms with Crippen molar-refractivity contribution in [3.63, 3.8) is 0 Å². The van der Waals surface area contributed by atoms with Crippen LogP contribution in [-0.4, -0.2) is 43.2 Å². The van der Waals surface area contributed by atoms with Crippen LogP contribution in [0.25, 0.3) is 11.2 Å². The molecule has 1 atom stereocenters. The van der Waals surface area contributed by atoms with Crippen molar-refractivity contribution in [3.8, 4) is 0 Å². The van der Waals surface area contributed by atoms with Gasteiger partial charge in [-0.3, -0.25) is 5.10 Å². The zero-order chi connectivity index (χ0) is 21.0. The zero-order valence-corrected chi connectivity index (χ0v) is 17.5. The third-order valence-electron chi connectivity index (χ3n) is 6.47. The van der Waals surface area contributed by atoms with Crippen LogP contribution in [0.3, 0.4) is 0 Å². The van der Waals surface area contributed by atoms with Gasteiger partial charge in [-0.05, 0) is 67.8 Å². The van der Waals surface area contributed by atoms with Crippen molar-refractivity contribution in [1.82, 2.24) is 35.9 Å². The molecule has 3 aromatic heterocycles. The van der Waals surface area contributed by atoms with Crippen LogP contribution in [0.5, 0.6) is 0 Å². The molecule has 5 rings (SSSR count). The van der Waals surface area contributed by atoms with Gasteiger partial charge in [0, 0.05) is 18.2 Å². The molecule has 1 aromatic carbocycles. The number of H-pyrrole nitrogens is 2. The molecule has 0 bridgehead atoms. The van der Waals surface area contributed by atoms with E-state index in [-0.39, 0.29) is 5.92 Å². The lowest BCUT2D eigenvalue weighted by Crippen LogP contribution is -2.34. The average Bonchev–Trinajstić information content (AvgIpc) is 3.50. The van der Waals surface area contributed by atoms with Gasteiger partial charge in [0.2, 0.25) is 0 Å². The molecular formula is C23H28N8. The predicted molar refractivity (Wildman–Crippen MR) is 121 cm³/mol. The number of benzene rings is 1. The zero-order valence-electron chi connectivity index (χ0n) is 17.5. The van der Waals surface area contributed by atoms with Gasteiger partial charge in [-0.15, -0.1) is 5.10 Å². The van der Waals surface area contributed by atoms with Crippen molar-refractivity contribution in [1.29, 1.82) is 0 Å². The molecule has 0 radical (unpaired) electrons. The number of nitrogens with zero attached hydrogens (tertiary/aromatic N) is 4. The van der Waals surface area contributed by atoms with Gasteiger partial charge in [-0.1, -0.05) is 35.5 Å². The molecule has 1 aliphatic rings. The van der Waals surface area contributed by atoms with E-state index in [0.717, 1.165) is 29.7 Å². The molecule has 1 fully saturated rings. The lowest BCUT2D eigenvalue weighted by atomic mass is 9.81. The average molecular weight is 417 g/mol. The number of nitrogen functional groups attached to an aromatic ring is 1. The molecule has 4 aromatic rings. The van der Waals surface area contributed by atoms with E-state index in [1.165, 1.54) is 31.2 Å². The first-order valence-electron chi connectivity index (χ1n) is 11.0. The Labute approximate surface area is 181 Å². The summed E-state index contributed by atoms with van der Waals surface area (Å²) < 4.78 is 0. The van der Waals surface area contributed by atoms with Gasteiger partial charge in [0.25, 0.3) is 0 Å². The Morgan fingerprint density at radius 2 is 1.94 bits per heavy atom. The maximum atomic E-state index is 6.05. The number of fused-ring (bicyclic) bond motifs is 1. The lowest BCUT2D eigenvalue weighted by Gasteiger charge is -2.30. The smallest absolute Gasteiger partial charge is 0.178 e. The van der Waals surface area contributed by atoms with Gasteiger partial charge in [0.15, 0.2) is 5.65 Å². The Balaban J connectivity index is 1.24. The SMILES string of the molecule is Nc1cc(C(CCNC2CCC(c3ccccc3)CC2)c2cc[nH]n2)c2nn[nH]c2n1. The van der Waals surface area contributed by atoms with Crippen LogP contribution in [0.1, 0.15) is 60.8 Å². The molecule has 0 amide bonds. The number of aromatic nitrogens is 6. The van der Waals surface area contributed by atoms with Gasteiger partial charge in [0.1, 0.15) is 11.3 Å². The summed E-state index contributed by atoms with van der Waals surface area (Å²) in [4.78, 5) is 4.30. The number of hydrogen-bond donors (Lipinski definition) is 4. The van der Waals surface area contributed by atoms with E-state index in [9.17, 15) is 0 Å². The quantitative estimate of drug-likeness (QED) is 0.366. The largest absolute Gasteiger partial charge is 0.384 e. The first-order chi connectivity index (χ1) is 15.3. The fraction of sp³-hybridized carbons (Fsp3) is 0.391. The Morgan fingerprint density at radius 1 is 1.10 bits per heavy atom. The van der Waals surface area contributed by atoms with E-state index >= 15 is 0 Å². The minimum Gasteiger partial charge on any atom is -0.384 e. The summed E-state index contributed by atoms with van der Waals surface area (Å²) in [7, 11) is 0. The first kappa shape index (κ1) is 19.7. The second-order valence-electron chi connectivity index (χ2n) is 8.40. The molecule has 0 aliphatic heterocycles. The minimum absolute atomic E-state index is 0.0670. The number of pyridine rings is 1. The maximum absolute atomic E-state index is 6.05. The van der Waals surface area contributed by atoms with E-state index in [4.69, 9.17) is 5.73 Å². The molecule has 31 heavy (non-hydrogen) atoms. The topological polar surface area (TPSA) is 121 Å². The predicted octanol–water partition coefficient (Wildman–Crippen LogP) is 3.50. The highest BCUT2D eigenvalue weighted by atomic mass is 15.3. The molecule has 8 nitrogen and oxygen atoms in total. The molecule has 1 aliphatic carbocycles. The second-order valence-corrected chi connectivity index (χ2v) is 8.40. The Kier molecular flexibility index (Phi) is 5.62. The van der Waals surface area contributed by atoms with Gasteiger partial charge in [0.05, 0.1) is 5.69 Å². The summed E-state index contributed by atoms with van der Waals surface area (Å²) in [5, 5.41) is 22.2. The number of nitrogens with two attached hydrogens (primary N) is 1. The number of nitrogens with one attached hydrogen (secondary N) is 3. The van der Waals surface area contributed by atoms with Crippen molar-refractivity contribution in [2.45, 2.75) is 50.0 Å². The highest BCUT2D eigenvalue weighted by Crippen LogP contribution is 2.34. The molecule has 1 saturated carbocycles. The summed E-state index contributed by atoms with van der Waals surface area (Å²) in [5.74, 6) is 1.22. The molecular weight excluding hydrogens is 388 g/mol. The summed E-state index contributed by atoms with van der Waals surface area (Å²) in [6.07, 6.45) is 7.65. The molecule has 8 heteroatoms. The maximum Gasteiger partial charge on any atom is 0.178 e. The van der Waals surface area contributed by atoms with Crippen molar-refractivity contribution < 1.29 is 0 Å². The van der Waals surface area contributed by atoms with Crippen molar-refractivity contribution >= 4 is 17.0 Å². The third kappa shape index (κ3) is 4.29.